The Morgan fingerprint density at radius 1 is 1.14 bits per heavy atom. The number of rotatable bonds is 5. The molecule has 0 saturated heterocycles. The molecule has 0 radical (unpaired) electrons. The third-order valence-corrected chi connectivity index (χ3v) is 4.38. The van der Waals surface area contributed by atoms with Crippen molar-refractivity contribution in [3.8, 4) is 17.1 Å². The van der Waals surface area contributed by atoms with Gasteiger partial charge in [0.25, 0.3) is 0 Å². The molecule has 0 spiro atoms. The number of anilines is 1. The molecule has 1 N–H and O–H groups in total. The van der Waals surface area contributed by atoms with Gasteiger partial charge >= 0.3 is 0 Å². The quantitative estimate of drug-likeness (QED) is 0.760. The van der Waals surface area contributed by atoms with Crippen LogP contribution in [0.3, 0.4) is 0 Å². The Morgan fingerprint density at radius 3 is 2.73 bits per heavy atom. The van der Waals surface area contributed by atoms with Gasteiger partial charge in [-0.3, -0.25) is 0 Å². The highest BCUT2D eigenvalue weighted by Gasteiger charge is 2.10. The van der Waals surface area contributed by atoms with Crippen molar-refractivity contribution in [3.63, 3.8) is 0 Å². The van der Waals surface area contributed by atoms with Crippen molar-refractivity contribution in [1.29, 1.82) is 0 Å². The fraction of sp³-hybridized carbons (Fsp3) is 0.294. The van der Waals surface area contributed by atoms with Crippen molar-refractivity contribution in [2.45, 2.75) is 20.3 Å². The molecule has 3 rings (SSSR count). The van der Waals surface area contributed by atoms with E-state index in [0.717, 1.165) is 40.8 Å². The Morgan fingerprint density at radius 2 is 2.00 bits per heavy atom. The molecule has 114 valence electrons. The van der Waals surface area contributed by atoms with Crippen LogP contribution in [0.1, 0.15) is 19.4 Å². The first-order chi connectivity index (χ1) is 10.7. The highest BCUT2D eigenvalue weighted by molar-refractivity contribution is 7.14. The van der Waals surface area contributed by atoms with Crippen LogP contribution in [0.15, 0.2) is 29.6 Å². The number of ether oxygens (including phenoxy) is 1. The maximum atomic E-state index is 5.31. The average Bonchev–Trinajstić information content (AvgIpc) is 3.02. The van der Waals surface area contributed by atoms with Crippen LogP contribution < -0.4 is 10.1 Å². The number of aryl methyl sites for hydroxylation is 1. The van der Waals surface area contributed by atoms with Crippen LogP contribution in [0.5, 0.6) is 5.75 Å². The molecule has 0 unspecified atom stereocenters. The van der Waals surface area contributed by atoms with Gasteiger partial charge in [0.15, 0.2) is 5.13 Å². The minimum Gasteiger partial charge on any atom is -0.497 e. The van der Waals surface area contributed by atoms with Crippen molar-refractivity contribution in [2.24, 2.45) is 0 Å². The Kier molecular flexibility index (Phi) is 4.24. The van der Waals surface area contributed by atoms with Crippen molar-refractivity contribution in [2.75, 3.05) is 19.0 Å². The minimum atomic E-state index is 0.825. The average molecular weight is 313 g/mol. The summed E-state index contributed by atoms with van der Waals surface area (Å²) in [5, 5.41) is 7.40. The molecule has 0 aliphatic carbocycles. The van der Waals surface area contributed by atoms with Crippen LogP contribution in [-0.2, 0) is 6.42 Å². The van der Waals surface area contributed by atoms with Gasteiger partial charge < -0.3 is 10.1 Å². The molecule has 0 amide bonds. The molecule has 2 aromatic heterocycles. The fourth-order valence-electron chi connectivity index (χ4n) is 2.45. The maximum Gasteiger partial charge on any atom is 0.183 e. The standard InChI is InChI=1S/C17H19N3OS/c1-4-11-8-15(16-10-22-17(20-16)18-5-2)19-14-9-12(21-3)6-7-13(11)14/h6-10H,4-5H2,1-3H3,(H,18,20). The van der Waals surface area contributed by atoms with Gasteiger partial charge in [0.2, 0.25) is 0 Å². The predicted octanol–water partition coefficient (Wildman–Crippen LogP) is 4.36. The Labute approximate surface area is 134 Å². The third-order valence-electron chi connectivity index (χ3n) is 3.58. The molecular weight excluding hydrogens is 294 g/mol. The smallest absolute Gasteiger partial charge is 0.183 e. The summed E-state index contributed by atoms with van der Waals surface area (Å²) in [7, 11) is 1.68. The number of hydrogen-bond donors (Lipinski definition) is 1. The molecule has 0 fully saturated rings. The lowest BCUT2D eigenvalue weighted by Gasteiger charge is -2.08. The highest BCUT2D eigenvalue weighted by Crippen LogP contribution is 2.29. The van der Waals surface area contributed by atoms with Crippen molar-refractivity contribution in [3.05, 3.63) is 35.2 Å². The molecule has 0 saturated carbocycles. The summed E-state index contributed by atoms with van der Waals surface area (Å²) in [6, 6.07) is 8.18. The van der Waals surface area contributed by atoms with Crippen LogP contribution in [0.4, 0.5) is 5.13 Å². The third kappa shape index (κ3) is 2.76. The molecule has 0 aliphatic heterocycles. The second-order valence-corrected chi connectivity index (χ2v) is 5.83. The van der Waals surface area contributed by atoms with Gasteiger partial charge in [0, 0.05) is 23.4 Å². The number of nitrogens with zero attached hydrogens (tertiary/aromatic N) is 2. The number of benzene rings is 1. The highest BCUT2D eigenvalue weighted by atomic mass is 32.1. The monoisotopic (exact) mass is 313 g/mol. The van der Waals surface area contributed by atoms with E-state index in [2.05, 4.69) is 36.3 Å². The molecule has 0 atom stereocenters. The minimum absolute atomic E-state index is 0.825. The SMILES string of the molecule is CCNc1nc(-c2cc(CC)c3ccc(OC)cc3n2)cs1. The van der Waals surface area contributed by atoms with Gasteiger partial charge in [-0.1, -0.05) is 6.92 Å². The van der Waals surface area contributed by atoms with E-state index < -0.39 is 0 Å². The topological polar surface area (TPSA) is 47.0 Å². The van der Waals surface area contributed by atoms with E-state index in [-0.39, 0.29) is 0 Å². The predicted molar refractivity (Wildman–Crippen MR) is 92.9 cm³/mol. The zero-order valence-corrected chi connectivity index (χ0v) is 13.8. The molecule has 0 aliphatic rings. The summed E-state index contributed by atoms with van der Waals surface area (Å²) < 4.78 is 5.31. The number of nitrogens with one attached hydrogen (secondary N) is 1. The maximum absolute atomic E-state index is 5.31. The molecule has 1 aromatic carbocycles. The first kappa shape index (κ1) is 14.8. The molecule has 4 nitrogen and oxygen atoms in total. The van der Waals surface area contributed by atoms with Gasteiger partial charge in [-0.2, -0.15) is 0 Å². The largest absolute Gasteiger partial charge is 0.497 e. The summed E-state index contributed by atoms with van der Waals surface area (Å²) in [6.07, 6.45) is 0.961. The van der Waals surface area contributed by atoms with Crippen LogP contribution in [0.25, 0.3) is 22.3 Å². The van der Waals surface area contributed by atoms with E-state index in [9.17, 15) is 0 Å². The van der Waals surface area contributed by atoms with Crippen molar-refractivity contribution >= 4 is 27.4 Å². The summed E-state index contributed by atoms with van der Waals surface area (Å²) in [5.41, 5.74) is 4.06. The second kappa shape index (κ2) is 6.32. The number of hydrogen-bond acceptors (Lipinski definition) is 5. The van der Waals surface area contributed by atoms with Crippen LogP contribution in [0, 0.1) is 0 Å². The molecule has 2 heterocycles. The van der Waals surface area contributed by atoms with E-state index in [1.165, 1.54) is 10.9 Å². The zero-order chi connectivity index (χ0) is 15.5. The summed E-state index contributed by atoms with van der Waals surface area (Å²) >= 11 is 1.61. The molecule has 0 bridgehead atoms. The van der Waals surface area contributed by atoms with Gasteiger partial charge in [0.1, 0.15) is 11.4 Å². The molecule has 3 aromatic rings. The summed E-state index contributed by atoms with van der Waals surface area (Å²) in [5.74, 6) is 0.825. The lowest BCUT2D eigenvalue weighted by Crippen LogP contribution is -1.96. The fourth-order valence-corrected chi connectivity index (χ4v) is 3.23. The van der Waals surface area contributed by atoms with Crippen molar-refractivity contribution in [1.82, 2.24) is 9.97 Å². The molecule has 5 heteroatoms. The number of methoxy groups -OCH3 is 1. The van der Waals surface area contributed by atoms with E-state index in [4.69, 9.17) is 9.72 Å². The Bertz CT molecular complexity index is 798. The number of pyridine rings is 1. The van der Waals surface area contributed by atoms with E-state index in [1.54, 1.807) is 18.4 Å². The summed E-state index contributed by atoms with van der Waals surface area (Å²) in [4.78, 5) is 9.38. The van der Waals surface area contributed by atoms with E-state index >= 15 is 0 Å². The first-order valence-electron chi connectivity index (χ1n) is 7.42. The summed E-state index contributed by atoms with van der Waals surface area (Å²) in [6.45, 7) is 5.10. The van der Waals surface area contributed by atoms with Crippen LogP contribution in [0.2, 0.25) is 0 Å². The van der Waals surface area contributed by atoms with E-state index in [1.807, 2.05) is 17.5 Å². The Hall–Kier alpha value is -2.14. The molecular formula is C17H19N3OS. The van der Waals surface area contributed by atoms with Gasteiger partial charge in [-0.05, 0) is 37.1 Å². The number of thiazole rings is 1. The van der Waals surface area contributed by atoms with Gasteiger partial charge in [-0.15, -0.1) is 11.3 Å². The zero-order valence-electron chi connectivity index (χ0n) is 13.0. The lowest BCUT2D eigenvalue weighted by molar-refractivity contribution is 0.415. The number of fused-ring (bicyclic) bond motifs is 1. The van der Waals surface area contributed by atoms with E-state index in [0.29, 0.717) is 0 Å². The van der Waals surface area contributed by atoms with Crippen LogP contribution >= 0.6 is 11.3 Å². The second-order valence-electron chi connectivity index (χ2n) is 4.97. The normalized spacial score (nSPS) is 10.9. The molecule has 22 heavy (non-hydrogen) atoms. The first-order valence-corrected chi connectivity index (χ1v) is 8.30. The van der Waals surface area contributed by atoms with Gasteiger partial charge in [0.05, 0.1) is 18.3 Å². The Balaban J connectivity index is 2.12. The lowest BCUT2D eigenvalue weighted by atomic mass is 10.0. The number of aromatic nitrogens is 2. The van der Waals surface area contributed by atoms with Crippen molar-refractivity contribution < 1.29 is 4.74 Å². The van der Waals surface area contributed by atoms with Crippen LogP contribution in [-0.4, -0.2) is 23.6 Å². The van der Waals surface area contributed by atoms with Gasteiger partial charge in [-0.25, -0.2) is 9.97 Å².